The number of sulfonamides is 1. The van der Waals surface area contributed by atoms with Gasteiger partial charge in [0.25, 0.3) is 10.0 Å². The van der Waals surface area contributed by atoms with Gasteiger partial charge in [0.05, 0.1) is 12.3 Å². The molecule has 0 amide bonds. The number of hydrogen-bond acceptors (Lipinski definition) is 5. The Morgan fingerprint density at radius 1 is 1.08 bits per heavy atom. The lowest BCUT2D eigenvalue weighted by molar-refractivity contribution is 0.337. The van der Waals surface area contributed by atoms with Crippen molar-refractivity contribution in [2.24, 2.45) is 0 Å². The Morgan fingerprint density at radius 3 is 2.42 bits per heavy atom. The maximum absolute atomic E-state index is 12.7. The number of ether oxygens (including phenoxy) is 1. The lowest BCUT2D eigenvalue weighted by Gasteiger charge is -2.35. The molecule has 0 unspecified atom stereocenters. The molecule has 24 heavy (non-hydrogen) atoms. The van der Waals surface area contributed by atoms with Crippen LogP contribution in [0.2, 0.25) is 0 Å². The SMILES string of the molecule is CCOc1ccccc1N1CCN(S(=O)(=O)c2ccc(C)s2)CC1. The summed E-state index contributed by atoms with van der Waals surface area (Å²) in [6.45, 7) is 6.79. The zero-order chi connectivity index (χ0) is 17.2. The van der Waals surface area contributed by atoms with E-state index in [1.54, 1.807) is 10.4 Å². The van der Waals surface area contributed by atoms with Crippen molar-refractivity contribution in [2.75, 3.05) is 37.7 Å². The maximum Gasteiger partial charge on any atom is 0.252 e. The molecule has 0 bridgehead atoms. The van der Waals surface area contributed by atoms with Crippen molar-refractivity contribution in [3.8, 4) is 5.75 Å². The van der Waals surface area contributed by atoms with Crippen LogP contribution in [0.5, 0.6) is 5.75 Å². The average molecular weight is 367 g/mol. The minimum Gasteiger partial charge on any atom is -0.492 e. The molecule has 0 radical (unpaired) electrons. The largest absolute Gasteiger partial charge is 0.492 e. The molecular formula is C17H22N2O3S2. The van der Waals surface area contributed by atoms with E-state index in [0.717, 1.165) is 16.3 Å². The monoisotopic (exact) mass is 366 g/mol. The molecule has 0 saturated carbocycles. The maximum atomic E-state index is 12.7. The molecule has 3 rings (SSSR count). The topological polar surface area (TPSA) is 49.9 Å². The van der Waals surface area contributed by atoms with Crippen LogP contribution in [-0.2, 0) is 10.0 Å². The number of piperazine rings is 1. The van der Waals surface area contributed by atoms with Gasteiger partial charge in [-0.15, -0.1) is 11.3 Å². The molecule has 1 aromatic carbocycles. The zero-order valence-corrected chi connectivity index (χ0v) is 15.6. The van der Waals surface area contributed by atoms with Gasteiger partial charge in [-0.25, -0.2) is 8.42 Å². The number of nitrogens with zero attached hydrogens (tertiary/aromatic N) is 2. The smallest absolute Gasteiger partial charge is 0.252 e. The van der Waals surface area contributed by atoms with E-state index in [1.807, 2.05) is 44.2 Å². The van der Waals surface area contributed by atoms with Crippen LogP contribution in [0.15, 0.2) is 40.6 Å². The van der Waals surface area contributed by atoms with Gasteiger partial charge in [-0.1, -0.05) is 12.1 Å². The Labute approximate surface area is 147 Å². The van der Waals surface area contributed by atoms with E-state index in [2.05, 4.69) is 4.90 Å². The van der Waals surface area contributed by atoms with Crippen LogP contribution in [0.25, 0.3) is 0 Å². The summed E-state index contributed by atoms with van der Waals surface area (Å²) in [7, 11) is -3.37. The van der Waals surface area contributed by atoms with Crippen molar-refractivity contribution < 1.29 is 13.2 Å². The fourth-order valence-electron chi connectivity index (χ4n) is 2.84. The molecule has 2 heterocycles. The first-order valence-electron chi connectivity index (χ1n) is 8.05. The van der Waals surface area contributed by atoms with E-state index in [0.29, 0.717) is 37.0 Å². The third kappa shape index (κ3) is 3.43. The first kappa shape index (κ1) is 17.3. The Bertz CT molecular complexity index is 794. The van der Waals surface area contributed by atoms with Gasteiger partial charge < -0.3 is 9.64 Å². The summed E-state index contributed by atoms with van der Waals surface area (Å²) in [5.74, 6) is 0.852. The minimum absolute atomic E-state index is 0.433. The number of para-hydroxylation sites is 2. The fraction of sp³-hybridized carbons (Fsp3) is 0.412. The minimum atomic E-state index is -3.37. The molecule has 1 saturated heterocycles. The van der Waals surface area contributed by atoms with Crippen LogP contribution in [-0.4, -0.2) is 45.5 Å². The number of benzene rings is 1. The molecule has 0 aliphatic carbocycles. The van der Waals surface area contributed by atoms with E-state index in [9.17, 15) is 8.42 Å². The van der Waals surface area contributed by atoms with E-state index >= 15 is 0 Å². The van der Waals surface area contributed by atoms with Gasteiger partial charge in [0.15, 0.2) is 0 Å². The molecule has 1 fully saturated rings. The van der Waals surface area contributed by atoms with Gasteiger partial charge in [0, 0.05) is 31.1 Å². The molecule has 1 aromatic heterocycles. The number of rotatable bonds is 5. The number of aryl methyl sites for hydroxylation is 1. The van der Waals surface area contributed by atoms with Crippen LogP contribution in [0.1, 0.15) is 11.8 Å². The normalized spacial score (nSPS) is 16.3. The molecule has 2 aromatic rings. The third-order valence-electron chi connectivity index (χ3n) is 4.05. The van der Waals surface area contributed by atoms with Crippen LogP contribution in [0.4, 0.5) is 5.69 Å². The predicted octanol–water partition coefficient (Wildman–Crippen LogP) is 2.97. The summed E-state index contributed by atoms with van der Waals surface area (Å²) in [5.41, 5.74) is 1.03. The summed E-state index contributed by atoms with van der Waals surface area (Å²) in [4.78, 5) is 3.20. The number of thiophene rings is 1. The highest BCUT2D eigenvalue weighted by Gasteiger charge is 2.30. The second-order valence-electron chi connectivity index (χ2n) is 5.66. The molecule has 0 N–H and O–H groups in total. The van der Waals surface area contributed by atoms with E-state index in [1.165, 1.54) is 11.3 Å². The summed E-state index contributed by atoms with van der Waals surface area (Å²) < 4.78 is 33.1. The van der Waals surface area contributed by atoms with Crippen molar-refractivity contribution in [2.45, 2.75) is 18.1 Å². The molecule has 7 heteroatoms. The number of anilines is 1. The molecule has 5 nitrogen and oxygen atoms in total. The van der Waals surface area contributed by atoms with Crippen molar-refractivity contribution in [1.29, 1.82) is 0 Å². The molecule has 0 atom stereocenters. The molecular weight excluding hydrogens is 344 g/mol. The quantitative estimate of drug-likeness (QED) is 0.816. The lowest BCUT2D eigenvalue weighted by atomic mass is 10.2. The molecule has 130 valence electrons. The second-order valence-corrected chi connectivity index (χ2v) is 9.11. The Balaban J connectivity index is 1.72. The molecule has 0 spiro atoms. The highest BCUT2D eigenvalue weighted by Crippen LogP contribution is 2.30. The van der Waals surface area contributed by atoms with Gasteiger partial charge in [-0.3, -0.25) is 0 Å². The van der Waals surface area contributed by atoms with Crippen molar-refractivity contribution in [1.82, 2.24) is 4.31 Å². The van der Waals surface area contributed by atoms with Gasteiger partial charge in [-0.2, -0.15) is 4.31 Å². The second kappa shape index (κ2) is 7.13. The summed E-state index contributed by atoms with van der Waals surface area (Å²) in [6, 6.07) is 11.5. The van der Waals surface area contributed by atoms with Crippen LogP contribution >= 0.6 is 11.3 Å². The average Bonchev–Trinajstić information content (AvgIpc) is 3.03. The van der Waals surface area contributed by atoms with Crippen LogP contribution in [0.3, 0.4) is 0 Å². The van der Waals surface area contributed by atoms with Crippen LogP contribution in [0, 0.1) is 6.92 Å². The number of hydrogen-bond donors (Lipinski definition) is 0. The van der Waals surface area contributed by atoms with Gasteiger partial charge in [-0.05, 0) is 38.1 Å². The molecule has 1 aliphatic heterocycles. The Kier molecular flexibility index (Phi) is 5.12. The summed E-state index contributed by atoms with van der Waals surface area (Å²) >= 11 is 1.33. The van der Waals surface area contributed by atoms with Gasteiger partial charge in [0.2, 0.25) is 0 Å². The highest BCUT2D eigenvalue weighted by atomic mass is 32.2. The third-order valence-corrected chi connectivity index (χ3v) is 7.42. The first-order chi connectivity index (χ1) is 11.5. The van der Waals surface area contributed by atoms with Crippen molar-refractivity contribution in [3.63, 3.8) is 0 Å². The van der Waals surface area contributed by atoms with E-state index < -0.39 is 10.0 Å². The first-order valence-corrected chi connectivity index (χ1v) is 10.3. The highest BCUT2D eigenvalue weighted by molar-refractivity contribution is 7.91. The fourth-order valence-corrected chi connectivity index (χ4v) is 5.70. The Hall–Kier alpha value is -1.57. The van der Waals surface area contributed by atoms with E-state index in [4.69, 9.17) is 4.74 Å². The van der Waals surface area contributed by atoms with Gasteiger partial charge in [0.1, 0.15) is 9.96 Å². The summed E-state index contributed by atoms with van der Waals surface area (Å²) in [6.07, 6.45) is 0. The van der Waals surface area contributed by atoms with Crippen molar-refractivity contribution in [3.05, 3.63) is 41.3 Å². The lowest BCUT2D eigenvalue weighted by Crippen LogP contribution is -2.48. The Morgan fingerprint density at radius 2 is 1.79 bits per heavy atom. The predicted molar refractivity (Wildman–Crippen MR) is 97.6 cm³/mol. The zero-order valence-electron chi connectivity index (χ0n) is 13.9. The summed E-state index contributed by atoms with van der Waals surface area (Å²) in [5, 5.41) is 0. The van der Waals surface area contributed by atoms with E-state index in [-0.39, 0.29) is 0 Å². The van der Waals surface area contributed by atoms with Gasteiger partial charge >= 0.3 is 0 Å². The van der Waals surface area contributed by atoms with Crippen molar-refractivity contribution >= 4 is 27.0 Å². The standard InChI is InChI=1S/C17H22N2O3S2/c1-3-22-16-7-5-4-6-15(16)18-10-12-19(13-11-18)24(20,21)17-9-8-14(2)23-17/h4-9H,3,10-13H2,1-2H3. The molecule has 1 aliphatic rings. The van der Waals surface area contributed by atoms with Crippen LogP contribution < -0.4 is 9.64 Å².